The zero-order chi connectivity index (χ0) is 13.1. The lowest BCUT2D eigenvalue weighted by Crippen LogP contribution is -2.15. The molecule has 0 saturated carbocycles. The van der Waals surface area contributed by atoms with E-state index in [1.54, 1.807) is 12.3 Å². The third-order valence-corrected chi connectivity index (χ3v) is 3.03. The Hall–Kier alpha value is -2.33. The number of hydrogen-bond acceptors (Lipinski definition) is 3. The van der Waals surface area contributed by atoms with Crippen molar-refractivity contribution in [3.8, 4) is 0 Å². The van der Waals surface area contributed by atoms with Crippen LogP contribution in [0.3, 0.4) is 0 Å². The van der Waals surface area contributed by atoms with Crippen LogP contribution in [0.1, 0.15) is 11.3 Å². The number of rotatable bonds is 4. The summed E-state index contributed by atoms with van der Waals surface area (Å²) in [4.78, 5) is 14.4. The molecule has 4 nitrogen and oxygen atoms in total. The van der Waals surface area contributed by atoms with Crippen LogP contribution < -0.4 is 10.9 Å². The van der Waals surface area contributed by atoms with Crippen molar-refractivity contribution in [3.63, 3.8) is 0 Å². The number of pyridine rings is 1. The molecule has 1 aromatic carbocycles. The maximum atomic E-state index is 11.6. The average molecular weight is 254 g/mol. The second-order valence-corrected chi connectivity index (χ2v) is 4.39. The van der Waals surface area contributed by atoms with Crippen LogP contribution in [0.15, 0.2) is 57.9 Å². The van der Waals surface area contributed by atoms with E-state index in [0.29, 0.717) is 13.1 Å². The van der Waals surface area contributed by atoms with Gasteiger partial charge >= 0.3 is 0 Å². The molecule has 0 bridgehead atoms. The predicted molar refractivity (Wildman–Crippen MR) is 73.8 cm³/mol. The van der Waals surface area contributed by atoms with Gasteiger partial charge < -0.3 is 14.7 Å². The van der Waals surface area contributed by atoms with E-state index in [9.17, 15) is 4.79 Å². The van der Waals surface area contributed by atoms with Crippen molar-refractivity contribution in [2.75, 3.05) is 0 Å². The van der Waals surface area contributed by atoms with E-state index in [1.807, 2.05) is 36.4 Å². The fourth-order valence-electron chi connectivity index (χ4n) is 2.16. The molecular formula is C15H14N2O2. The highest BCUT2D eigenvalue weighted by Crippen LogP contribution is 2.14. The Balaban J connectivity index is 1.82. The second kappa shape index (κ2) is 5.12. The summed E-state index contributed by atoms with van der Waals surface area (Å²) in [6, 6.07) is 13.2. The van der Waals surface area contributed by atoms with Gasteiger partial charge in [0.05, 0.1) is 12.8 Å². The number of H-pyrrole nitrogens is 1. The molecule has 2 N–H and O–H groups in total. The van der Waals surface area contributed by atoms with Crippen LogP contribution in [0.2, 0.25) is 0 Å². The lowest BCUT2D eigenvalue weighted by molar-refractivity contribution is 0.483. The molecule has 3 rings (SSSR count). The molecule has 0 atom stereocenters. The van der Waals surface area contributed by atoms with Gasteiger partial charge in [0.25, 0.3) is 0 Å². The molecule has 0 unspecified atom stereocenters. The summed E-state index contributed by atoms with van der Waals surface area (Å²) in [5.74, 6) is 0.883. The highest BCUT2D eigenvalue weighted by atomic mass is 16.3. The summed E-state index contributed by atoms with van der Waals surface area (Å²) in [5.41, 5.74) is 1.78. The van der Waals surface area contributed by atoms with Crippen LogP contribution in [0.5, 0.6) is 0 Å². The molecule has 4 heteroatoms. The SMILES string of the molecule is O=c1cc(CNCc2ccco2)c2ccccc2[nH]1. The van der Waals surface area contributed by atoms with Crippen molar-refractivity contribution in [3.05, 3.63) is 70.4 Å². The van der Waals surface area contributed by atoms with E-state index >= 15 is 0 Å². The summed E-state index contributed by atoms with van der Waals surface area (Å²) < 4.78 is 5.25. The third kappa shape index (κ3) is 2.58. The number of aromatic amines is 1. The molecule has 0 saturated heterocycles. The van der Waals surface area contributed by atoms with E-state index in [0.717, 1.165) is 22.2 Å². The van der Waals surface area contributed by atoms with Crippen molar-refractivity contribution in [2.45, 2.75) is 13.1 Å². The van der Waals surface area contributed by atoms with Gasteiger partial charge in [-0.05, 0) is 23.8 Å². The molecule has 2 heterocycles. The Kier molecular flexibility index (Phi) is 3.16. The minimum Gasteiger partial charge on any atom is -0.468 e. The highest BCUT2D eigenvalue weighted by Gasteiger charge is 2.03. The average Bonchev–Trinajstić information content (AvgIpc) is 2.91. The Morgan fingerprint density at radius 1 is 1.11 bits per heavy atom. The molecular weight excluding hydrogens is 240 g/mol. The van der Waals surface area contributed by atoms with Crippen LogP contribution in [0.4, 0.5) is 0 Å². The van der Waals surface area contributed by atoms with Gasteiger partial charge in [0.1, 0.15) is 5.76 Å². The minimum atomic E-state index is -0.0755. The van der Waals surface area contributed by atoms with Crippen molar-refractivity contribution < 1.29 is 4.42 Å². The van der Waals surface area contributed by atoms with E-state index in [1.165, 1.54) is 0 Å². The normalized spacial score (nSPS) is 10.9. The van der Waals surface area contributed by atoms with Crippen LogP contribution in [-0.2, 0) is 13.1 Å². The molecule has 96 valence electrons. The van der Waals surface area contributed by atoms with Crippen LogP contribution in [0.25, 0.3) is 10.9 Å². The van der Waals surface area contributed by atoms with E-state index in [4.69, 9.17) is 4.42 Å². The summed E-state index contributed by atoms with van der Waals surface area (Å²) in [6.45, 7) is 1.28. The quantitative estimate of drug-likeness (QED) is 0.751. The third-order valence-electron chi connectivity index (χ3n) is 3.03. The smallest absolute Gasteiger partial charge is 0.248 e. The number of fused-ring (bicyclic) bond motifs is 1. The van der Waals surface area contributed by atoms with Crippen LogP contribution in [0, 0.1) is 0 Å². The molecule has 0 spiro atoms. The van der Waals surface area contributed by atoms with Gasteiger partial charge in [-0.3, -0.25) is 4.79 Å². The van der Waals surface area contributed by atoms with E-state index < -0.39 is 0 Å². The molecule has 19 heavy (non-hydrogen) atoms. The Labute approximate surface area is 110 Å². The van der Waals surface area contributed by atoms with Gasteiger partial charge in [0.2, 0.25) is 5.56 Å². The fourth-order valence-corrected chi connectivity index (χ4v) is 2.16. The van der Waals surface area contributed by atoms with E-state index in [2.05, 4.69) is 10.3 Å². The van der Waals surface area contributed by atoms with Gasteiger partial charge in [-0.1, -0.05) is 18.2 Å². The summed E-state index contributed by atoms with van der Waals surface area (Å²) in [7, 11) is 0. The second-order valence-electron chi connectivity index (χ2n) is 4.39. The summed E-state index contributed by atoms with van der Waals surface area (Å²) in [6.07, 6.45) is 1.65. The molecule has 2 aromatic heterocycles. The zero-order valence-corrected chi connectivity index (χ0v) is 10.3. The fraction of sp³-hybridized carbons (Fsp3) is 0.133. The van der Waals surface area contributed by atoms with Gasteiger partial charge in [-0.2, -0.15) is 0 Å². The standard InChI is InChI=1S/C15H14N2O2/c18-15-8-11(9-16-10-12-4-3-7-19-12)13-5-1-2-6-14(13)17-15/h1-8,16H,9-10H2,(H,17,18). The highest BCUT2D eigenvalue weighted by molar-refractivity contribution is 5.81. The molecule has 0 aliphatic rings. The largest absolute Gasteiger partial charge is 0.468 e. The topological polar surface area (TPSA) is 58.0 Å². The number of benzene rings is 1. The first-order valence-electron chi connectivity index (χ1n) is 6.17. The Morgan fingerprint density at radius 2 is 2.00 bits per heavy atom. The zero-order valence-electron chi connectivity index (χ0n) is 10.3. The van der Waals surface area contributed by atoms with E-state index in [-0.39, 0.29) is 5.56 Å². The van der Waals surface area contributed by atoms with Gasteiger partial charge in [-0.25, -0.2) is 0 Å². The van der Waals surface area contributed by atoms with Crippen molar-refractivity contribution in [1.29, 1.82) is 0 Å². The number of hydrogen-bond donors (Lipinski definition) is 2. The lowest BCUT2D eigenvalue weighted by Gasteiger charge is -2.06. The van der Waals surface area contributed by atoms with Gasteiger partial charge in [-0.15, -0.1) is 0 Å². The van der Waals surface area contributed by atoms with Crippen LogP contribution in [-0.4, -0.2) is 4.98 Å². The first kappa shape index (κ1) is 11.7. The predicted octanol–water partition coefficient (Wildman–Crippen LogP) is 2.41. The van der Waals surface area contributed by atoms with Crippen molar-refractivity contribution in [1.82, 2.24) is 10.3 Å². The molecule has 0 radical (unpaired) electrons. The molecule has 0 aliphatic heterocycles. The number of nitrogens with one attached hydrogen (secondary N) is 2. The molecule has 3 aromatic rings. The lowest BCUT2D eigenvalue weighted by atomic mass is 10.1. The number of aromatic nitrogens is 1. The van der Waals surface area contributed by atoms with Crippen molar-refractivity contribution >= 4 is 10.9 Å². The Morgan fingerprint density at radius 3 is 2.84 bits per heavy atom. The Bertz CT molecular complexity index is 729. The minimum absolute atomic E-state index is 0.0755. The summed E-state index contributed by atoms with van der Waals surface area (Å²) in [5, 5.41) is 4.34. The first-order chi connectivity index (χ1) is 9.33. The molecule has 0 amide bonds. The molecule has 0 fully saturated rings. The maximum absolute atomic E-state index is 11.6. The monoisotopic (exact) mass is 254 g/mol. The van der Waals surface area contributed by atoms with Crippen LogP contribution >= 0.6 is 0 Å². The summed E-state index contributed by atoms with van der Waals surface area (Å²) >= 11 is 0. The van der Waals surface area contributed by atoms with Gasteiger partial charge in [0.15, 0.2) is 0 Å². The number of furan rings is 1. The first-order valence-corrected chi connectivity index (χ1v) is 6.17. The molecule has 0 aliphatic carbocycles. The number of para-hydroxylation sites is 1. The maximum Gasteiger partial charge on any atom is 0.248 e. The van der Waals surface area contributed by atoms with Gasteiger partial charge in [0, 0.05) is 23.5 Å². The van der Waals surface area contributed by atoms with Crippen molar-refractivity contribution in [2.24, 2.45) is 0 Å².